The van der Waals surface area contributed by atoms with Gasteiger partial charge in [-0.25, -0.2) is 9.97 Å². The number of benzene rings is 2. The molecule has 6 heteroatoms. The van der Waals surface area contributed by atoms with Crippen molar-refractivity contribution in [3.05, 3.63) is 47.2 Å². The fourth-order valence-corrected chi connectivity index (χ4v) is 2.60. The van der Waals surface area contributed by atoms with E-state index in [-0.39, 0.29) is 6.79 Å². The number of halogens is 1. The highest BCUT2D eigenvalue weighted by molar-refractivity contribution is 9.10. The fourth-order valence-electron chi connectivity index (χ4n) is 2.24. The minimum Gasteiger partial charge on any atom is -0.454 e. The van der Waals surface area contributed by atoms with Gasteiger partial charge in [0.25, 0.3) is 0 Å². The van der Waals surface area contributed by atoms with Crippen LogP contribution in [-0.4, -0.2) is 16.8 Å². The van der Waals surface area contributed by atoms with Crippen molar-refractivity contribution in [2.45, 2.75) is 0 Å². The summed E-state index contributed by atoms with van der Waals surface area (Å²) in [5.74, 6) is 2.25. The maximum atomic E-state index is 5.38. The van der Waals surface area contributed by atoms with E-state index in [1.165, 1.54) is 0 Å². The number of nitrogens with zero attached hydrogens (tertiary/aromatic N) is 2. The van der Waals surface area contributed by atoms with Gasteiger partial charge in [0.1, 0.15) is 12.1 Å². The second kappa shape index (κ2) is 4.89. The number of nitrogens with one attached hydrogen (secondary N) is 1. The molecule has 0 radical (unpaired) electrons. The molecule has 4 rings (SSSR count). The second-order valence-electron chi connectivity index (χ2n) is 4.58. The van der Waals surface area contributed by atoms with E-state index in [2.05, 4.69) is 31.2 Å². The summed E-state index contributed by atoms with van der Waals surface area (Å²) in [6, 6.07) is 11.6. The molecule has 2 heterocycles. The predicted molar refractivity (Wildman–Crippen MR) is 83.1 cm³/mol. The van der Waals surface area contributed by atoms with E-state index < -0.39 is 0 Å². The van der Waals surface area contributed by atoms with Gasteiger partial charge in [-0.2, -0.15) is 0 Å². The first-order chi connectivity index (χ1) is 10.3. The van der Waals surface area contributed by atoms with E-state index in [0.29, 0.717) is 0 Å². The van der Waals surface area contributed by atoms with Gasteiger partial charge < -0.3 is 14.8 Å². The Morgan fingerprint density at radius 1 is 1.00 bits per heavy atom. The van der Waals surface area contributed by atoms with Crippen molar-refractivity contribution < 1.29 is 9.47 Å². The predicted octanol–water partition coefficient (Wildman–Crippen LogP) is 3.86. The van der Waals surface area contributed by atoms with Gasteiger partial charge in [0.15, 0.2) is 11.5 Å². The SMILES string of the molecule is Brc1ccc2ncnc(Nc3ccc4c(c3)OCO4)c2c1. The van der Waals surface area contributed by atoms with Crippen LogP contribution in [0, 0.1) is 0 Å². The third-order valence-corrected chi connectivity index (χ3v) is 3.73. The summed E-state index contributed by atoms with van der Waals surface area (Å²) in [6.45, 7) is 0.266. The molecule has 0 saturated heterocycles. The van der Waals surface area contributed by atoms with Gasteiger partial charge in [-0.3, -0.25) is 0 Å². The summed E-state index contributed by atoms with van der Waals surface area (Å²) in [6.07, 6.45) is 1.55. The first-order valence-corrected chi connectivity index (χ1v) is 7.16. The average Bonchev–Trinajstić information content (AvgIpc) is 2.95. The number of aromatic nitrogens is 2. The van der Waals surface area contributed by atoms with E-state index >= 15 is 0 Å². The highest BCUT2D eigenvalue weighted by Crippen LogP contribution is 2.35. The number of ether oxygens (including phenoxy) is 2. The molecule has 0 aliphatic carbocycles. The number of hydrogen-bond donors (Lipinski definition) is 1. The van der Waals surface area contributed by atoms with Gasteiger partial charge in [0.2, 0.25) is 6.79 Å². The van der Waals surface area contributed by atoms with Crippen molar-refractivity contribution >= 4 is 38.3 Å². The maximum absolute atomic E-state index is 5.38. The third-order valence-electron chi connectivity index (χ3n) is 3.23. The Bertz CT molecular complexity index is 838. The molecule has 1 N–H and O–H groups in total. The molecule has 21 heavy (non-hydrogen) atoms. The summed E-state index contributed by atoms with van der Waals surface area (Å²) in [5.41, 5.74) is 1.77. The lowest BCUT2D eigenvalue weighted by Crippen LogP contribution is -1.96. The Morgan fingerprint density at radius 2 is 1.90 bits per heavy atom. The van der Waals surface area contributed by atoms with E-state index in [1.807, 2.05) is 36.4 Å². The molecule has 0 saturated carbocycles. The Morgan fingerprint density at radius 3 is 2.86 bits per heavy atom. The van der Waals surface area contributed by atoms with Crippen molar-refractivity contribution in [2.75, 3.05) is 12.1 Å². The van der Waals surface area contributed by atoms with Crippen LogP contribution in [0.15, 0.2) is 47.2 Å². The molecule has 0 fully saturated rings. The van der Waals surface area contributed by atoms with Crippen LogP contribution in [0.2, 0.25) is 0 Å². The molecule has 0 bridgehead atoms. The molecule has 104 valence electrons. The largest absolute Gasteiger partial charge is 0.454 e. The molecule has 0 unspecified atom stereocenters. The quantitative estimate of drug-likeness (QED) is 0.765. The zero-order chi connectivity index (χ0) is 14.2. The van der Waals surface area contributed by atoms with Crippen molar-refractivity contribution in [2.24, 2.45) is 0 Å². The van der Waals surface area contributed by atoms with Gasteiger partial charge >= 0.3 is 0 Å². The van der Waals surface area contributed by atoms with Crippen LogP contribution in [0.1, 0.15) is 0 Å². The van der Waals surface area contributed by atoms with Crippen molar-refractivity contribution in [3.63, 3.8) is 0 Å². The molecule has 1 aliphatic rings. The lowest BCUT2D eigenvalue weighted by Gasteiger charge is -2.09. The molecular formula is C15H10BrN3O2. The fraction of sp³-hybridized carbons (Fsp3) is 0.0667. The van der Waals surface area contributed by atoms with Gasteiger partial charge in [-0.05, 0) is 30.3 Å². The van der Waals surface area contributed by atoms with Crippen molar-refractivity contribution in [3.8, 4) is 11.5 Å². The van der Waals surface area contributed by atoms with Crippen LogP contribution in [0.5, 0.6) is 11.5 Å². The molecule has 0 spiro atoms. The third kappa shape index (κ3) is 2.27. The molecule has 0 atom stereocenters. The smallest absolute Gasteiger partial charge is 0.231 e. The van der Waals surface area contributed by atoms with Crippen LogP contribution in [0.4, 0.5) is 11.5 Å². The molecule has 5 nitrogen and oxygen atoms in total. The zero-order valence-electron chi connectivity index (χ0n) is 10.8. The maximum Gasteiger partial charge on any atom is 0.231 e. The van der Waals surface area contributed by atoms with Crippen LogP contribution in [-0.2, 0) is 0 Å². The van der Waals surface area contributed by atoms with E-state index in [9.17, 15) is 0 Å². The van der Waals surface area contributed by atoms with E-state index in [0.717, 1.165) is 38.4 Å². The molecule has 3 aromatic rings. The molecular weight excluding hydrogens is 334 g/mol. The van der Waals surface area contributed by atoms with Crippen molar-refractivity contribution in [1.29, 1.82) is 0 Å². The molecule has 2 aromatic carbocycles. The number of fused-ring (bicyclic) bond motifs is 2. The highest BCUT2D eigenvalue weighted by Gasteiger charge is 2.14. The molecule has 0 amide bonds. The Labute approximate surface area is 129 Å². The van der Waals surface area contributed by atoms with Gasteiger partial charge in [-0.1, -0.05) is 15.9 Å². The Balaban J connectivity index is 1.75. The lowest BCUT2D eigenvalue weighted by atomic mass is 10.2. The zero-order valence-corrected chi connectivity index (χ0v) is 12.4. The Kier molecular flexibility index (Phi) is 2.89. The molecule has 1 aliphatic heterocycles. The van der Waals surface area contributed by atoms with Crippen LogP contribution >= 0.6 is 15.9 Å². The van der Waals surface area contributed by atoms with E-state index in [1.54, 1.807) is 6.33 Å². The first kappa shape index (κ1) is 12.4. The van der Waals surface area contributed by atoms with Gasteiger partial charge in [-0.15, -0.1) is 0 Å². The minimum atomic E-state index is 0.266. The number of hydrogen-bond acceptors (Lipinski definition) is 5. The summed E-state index contributed by atoms with van der Waals surface area (Å²) >= 11 is 3.47. The number of rotatable bonds is 2. The van der Waals surface area contributed by atoms with Gasteiger partial charge in [0.05, 0.1) is 5.52 Å². The van der Waals surface area contributed by atoms with Crippen LogP contribution in [0.3, 0.4) is 0 Å². The highest BCUT2D eigenvalue weighted by atomic mass is 79.9. The van der Waals surface area contributed by atoms with Crippen LogP contribution in [0.25, 0.3) is 10.9 Å². The van der Waals surface area contributed by atoms with Crippen molar-refractivity contribution in [1.82, 2.24) is 9.97 Å². The summed E-state index contributed by atoms with van der Waals surface area (Å²) in [4.78, 5) is 8.59. The first-order valence-electron chi connectivity index (χ1n) is 6.36. The summed E-state index contributed by atoms with van der Waals surface area (Å²) < 4.78 is 11.7. The average molecular weight is 344 g/mol. The molecule has 1 aromatic heterocycles. The second-order valence-corrected chi connectivity index (χ2v) is 5.49. The van der Waals surface area contributed by atoms with Crippen LogP contribution < -0.4 is 14.8 Å². The summed E-state index contributed by atoms with van der Waals surface area (Å²) in [5, 5.41) is 4.24. The topological polar surface area (TPSA) is 56.3 Å². The summed E-state index contributed by atoms with van der Waals surface area (Å²) in [7, 11) is 0. The minimum absolute atomic E-state index is 0.266. The Hall–Kier alpha value is -2.34. The normalized spacial score (nSPS) is 12.6. The number of anilines is 2. The lowest BCUT2D eigenvalue weighted by molar-refractivity contribution is 0.174. The van der Waals surface area contributed by atoms with E-state index in [4.69, 9.17) is 9.47 Å². The van der Waals surface area contributed by atoms with Gasteiger partial charge in [0, 0.05) is 21.6 Å². The standard InChI is InChI=1S/C15H10BrN3O2/c16-9-1-3-12-11(5-9)15(18-7-17-12)19-10-2-4-13-14(6-10)21-8-20-13/h1-7H,8H2,(H,17,18,19). The monoisotopic (exact) mass is 343 g/mol.